The van der Waals surface area contributed by atoms with Gasteiger partial charge in [-0.1, -0.05) is 29.3 Å². The standard InChI is InChI=1S/C14H12Cl2N2O/c1-8-6-9(2)17-12(7-8)18-14(19)13-10(15)4-3-5-11(13)16/h3-7H,1-2H3,(H,17,18,19). The van der Waals surface area contributed by atoms with Gasteiger partial charge in [-0.2, -0.15) is 0 Å². The van der Waals surface area contributed by atoms with E-state index in [0.29, 0.717) is 15.9 Å². The van der Waals surface area contributed by atoms with Crippen molar-refractivity contribution >= 4 is 34.9 Å². The molecule has 1 aromatic carbocycles. The highest BCUT2D eigenvalue weighted by Gasteiger charge is 2.15. The second-order valence-corrected chi connectivity index (χ2v) is 5.04. The number of anilines is 1. The van der Waals surface area contributed by atoms with Gasteiger partial charge in [0.2, 0.25) is 0 Å². The van der Waals surface area contributed by atoms with Crippen LogP contribution in [0, 0.1) is 13.8 Å². The maximum atomic E-state index is 12.2. The number of aryl methyl sites for hydroxylation is 2. The van der Waals surface area contributed by atoms with E-state index in [1.165, 1.54) is 0 Å². The van der Waals surface area contributed by atoms with E-state index in [1.54, 1.807) is 24.3 Å². The molecule has 98 valence electrons. The molecule has 2 aromatic rings. The van der Waals surface area contributed by atoms with Gasteiger partial charge in [0.15, 0.2) is 0 Å². The van der Waals surface area contributed by atoms with Crippen LogP contribution >= 0.6 is 23.2 Å². The number of carbonyl (C=O) groups excluding carboxylic acids is 1. The molecule has 1 N–H and O–H groups in total. The first-order valence-electron chi connectivity index (χ1n) is 5.68. The maximum Gasteiger partial charge on any atom is 0.259 e. The molecular formula is C14H12Cl2N2O. The van der Waals surface area contributed by atoms with Crippen molar-refractivity contribution in [2.45, 2.75) is 13.8 Å². The molecule has 1 aromatic heterocycles. The molecular weight excluding hydrogens is 283 g/mol. The first-order chi connectivity index (χ1) is 8.97. The average Bonchev–Trinajstić information content (AvgIpc) is 2.26. The lowest BCUT2D eigenvalue weighted by molar-refractivity contribution is 0.102. The molecule has 1 amide bonds. The summed E-state index contributed by atoms with van der Waals surface area (Å²) in [5, 5.41) is 3.33. The summed E-state index contributed by atoms with van der Waals surface area (Å²) in [4.78, 5) is 16.4. The summed E-state index contributed by atoms with van der Waals surface area (Å²) in [5.41, 5.74) is 2.11. The summed E-state index contributed by atoms with van der Waals surface area (Å²) in [6.07, 6.45) is 0. The van der Waals surface area contributed by atoms with Gasteiger partial charge in [-0.05, 0) is 43.7 Å². The fraction of sp³-hybridized carbons (Fsp3) is 0.143. The van der Waals surface area contributed by atoms with Gasteiger partial charge < -0.3 is 5.32 Å². The number of pyridine rings is 1. The van der Waals surface area contributed by atoms with Crippen LogP contribution in [0.25, 0.3) is 0 Å². The van der Waals surface area contributed by atoms with Gasteiger partial charge in [0, 0.05) is 5.69 Å². The molecule has 2 rings (SSSR count). The van der Waals surface area contributed by atoms with Crippen LogP contribution in [0.1, 0.15) is 21.6 Å². The van der Waals surface area contributed by atoms with Crippen LogP contribution < -0.4 is 5.32 Å². The second kappa shape index (κ2) is 5.59. The lowest BCUT2D eigenvalue weighted by Gasteiger charge is -2.09. The predicted molar refractivity (Wildman–Crippen MR) is 78.1 cm³/mol. The Hall–Kier alpha value is -1.58. The number of nitrogens with zero attached hydrogens (tertiary/aromatic N) is 1. The molecule has 0 radical (unpaired) electrons. The summed E-state index contributed by atoms with van der Waals surface area (Å²) in [5.74, 6) is 0.117. The molecule has 0 aliphatic heterocycles. The average molecular weight is 295 g/mol. The van der Waals surface area contributed by atoms with Gasteiger partial charge in [-0.3, -0.25) is 4.79 Å². The molecule has 19 heavy (non-hydrogen) atoms. The molecule has 3 nitrogen and oxygen atoms in total. The van der Waals surface area contributed by atoms with E-state index in [1.807, 2.05) is 19.9 Å². The molecule has 0 aliphatic carbocycles. The maximum absolute atomic E-state index is 12.2. The van der Waals surface area contributed by atoms with Gasteiger partial charge in [-0.25, -0.2) is 4.98 Å². The van der Waals surface area contributed by atoms with E-state index in [-0.39, 0.29) is 11.5 Å². The van der Waals surface area contributed by atoms with Crippen LogP contribution in [0.15, 0.2) is 30.3 Å². The zero-order chi connectivity index (χ0) is 14.0. The van der Waals surface area contributed by atoms with Crippen LogP contribution in [0.5, 0.6) is 0 Å². The molecule has 0 unspecified atom stereocenters. The van der Waals surface area contributed by atoms with Crippen LogP contribution in [-0.4, -0.2) is 10.9 Å². The Kier molecular flexibility index (Phi) is 4.08. The number of aromatic nitrogens is 1. The summed E-state index contributed by atoms with van der Waals surface area (Å²) >= 11 is 12.0. The highest BCUT2D eigenvalue weighted by molar-refractivity contribution is 6.40. The zero-order valence-electron chi connectivity index (χ0n) is 10.5. The van der Waals surface area contributed by atoms with Gasteiger partial charge in [-0.15, -0.1) is 0 Å². The predicted octanol–water partition coefficient (Wildman–Crippen LogP) is 4.26. The summed E-state index contributed by atoms with van der Waals surface area (Å²) < 4.78 is 0. The van der Waals surface area contributed by atoms with Crippen molar-refractivity contribution in [1.29, 1.82) is 0 Å². The van der Waals surface area contributed by atoms with E-state index >= 15 is 0 Å². The molecule has 0 fully saturated rings. The van der Waals surface area contributed by atoms with E-state index in [4.69, 9.17) is 23.2 Å². The Morgan fingerprint density at radius 1 is 1.16 bits per heavy atom. The Morgan fingerprint density at radius 3 is 2.37 bits per heavy atom. The van der Waals surface area contributed by atoms with E-state index in [2.05, 4.69) is 10.3 Å². The van der Waals surface area contributed by atoms with Crippen LogP contribution in [-0.2, 0) is 0 Å². The molecule has 0 saturated heterocycles. The fourth-order valence-corrected chi connectivity index (χ4v) is 2.37. The molecule has 0 bridgehead atoms. The molecule has 0 saturated carbocycles. The molecule has 5 heteroatoms. The molecule has 0 atom stereocenters. The normalized spacial score (nSPS) is 10.3. The van der Waals surface area contributed by atoms with Crippen molar-refractivity contribution < 1.29 is 4.79 Å². The monoisotopic (exact) mass is 294 g/mol. The molecule has 0 aliphatic rings. The van der Waals surface area contributed by atoms with Crippen molar-refractivity contribution in [3.05, 3.63) is 57.2 Å². The van der Waals surface area contributed by atoms with Crippen molar-refractivity contribution in [3.63, 3.8) is 0 Å². The van der Waals surface area contributed by atoms with Crippen LogP contribution in [0.3, 0.4) is 0 Å². The van der Waals surface area contributed by atoms with Gasteiger partial charge in [0.05, 0.1) is 15.6 Å². The minimum absolute atomic E-state index is 0.256. The number of rotatable bonds is 2. The van der Waals surface area contributed by atoms with Gasteiger partial charge in [0.25, 0.3) is 5.91 Å². The number of nitrogens with one attached hydrogen (secondary N) is 1. The number of carbonyl (C=O) groups is 1. The first-order valence-corrected chi connectivity index (χ1v) is 6.43. The minimum Gasteiger partial charge on any atom is -0.306 e. The number of halogens is 2. The lowest BCUT2D eigenvalue weighted by Crippen LogP contribution is -2.14. The van der Waals surface area contributed by atoms with E-state index in [9.17, 15) is 4.79 Å². The lowest BCUT2D eigenvalue weighted by atomic mass is 10.2. The Bertz CT molecular complexity index is 601. The highest BCUT2D eigenvalue weighted by atomic mass is 35.5. The Morgan fingerprint density at radius 2 is 1.79 bits per heavy atom. The summed E-state index contributed by atoms with van der Waals surface area (Å²) in [7, 11) is 0. The number of hydrogen-bond acceptors (Lipinski definition) is 2. The third-order valence-electron chi connectivity index (χ3n) is 2.53. The van der Waals surface area contributed by atoms with E-state index < -0.39 is 0 Å². The first kappa shape index (κ1) is 13.8. The SMILES string of the molecule is Cc1cc(C)nc(NC(=O)c2c(Cl)cccc2Cl)c1. The van der Waals surface area contributed by atoms with Crippen LogP contribution in [0.4, 0.5) is 5.82 Å². The summed E-state index contributed by atoms with van der Waals surface area (Å²) in [6, 6.07) is 8.65. The fourth-order valence-electron chi connectivity index (χ4n) is 1.80. The smallest absolute Gasteiger partial charge is 0.259 e. The largest absolute Gasteiger partial charge is 0.306 e. The zero-order valence-corrected chi connectivity index (χ0v) is 12.0. The minimum atomic E-state index is -0.367. The number of benzene rings is 1. The third kappa shape index (κ3) is 3.25. The number of amides is 1. The highest BCUT2D eigenvalue weighted by Crippen LogP contribution is 2.25. The third-order valence-corrected chi connectivity index (χ3v) is 3.16. The molecule has 0 spiro atoms. The quantitative estimate of drug-likeness (QED) is 0.899. The Balaban J connectivity index is 2.31. The number of hydrogen-bond donors (Lipinski definition) is 1. The van der Waals surface area contributed by atoms with Gasteiger partial charge in [0.1, 0.15) is 5.82 Å². The Labute approximate surface area is 121 Å². The van der Waals surface area contributed by atoms with Gasteiger partial charge >= 0.3 is 0 Å². The second-order valence-electron chi connectivity index (χ2n) is 4.22. The topological polar surface area (TPSA) is 42.0 Å². The van der Waals surface area contributed by atoms with Crippen molar-refractivity contribution in [2.75, 3.05) is 5.32 Å². The van der Waals surface area contributed by atoms with Crippen molar-refractivity contribution in [2.24, 2.45) is 0 Å². The van der Waals surface area contributed by atoms with E-state index in [0.717, 1.165) is 11.3 Å². The van der Waals surface area contributed by atoms with Crippen LogP contribution in [0.2, 0.25) is 10.0 Å². The summed E-state index contributed by atoms with van der Waals surface area (Å²) in [6.45, 7) is 3.80. The van der Waals surface area contributed by atoms with Crippen molar-refractivity contribution in [1.82, 2.24) is 4.98 Å². The van der Waals surface area contributed by atoms with Crippen molar-refractivity contribution in [3.8, 4) is 0 Å². The molecule has 1 heterocycles.